The molecule has 2 nitrogen and oxygen atoms in total. The molecule has 5 rings (SSSR count). The molecule has 4 heteroatoms. The van der Waals surface area contributed by atoms with E-state index in [0.29, 0.717) is 0 Å². The van der Waals surface area contributed by atoms with Gasteiger partial charge in [-0.3, -0.25) is 0 Å². The molecule has 180 valence electrons. The average Bonchev–Trinajstić information content (AvgIpc) is 3.42. The van der Waals surface area contributed by atoms with Crippen LogP contribution in [0.1, 0.15) is 25.7 Å². The van der Waals surface area contributed by atoms with Crippen LogP contribution in [-0.2, 0) is 0 Å². The fourth-order valence-electron chi connectivity index (χ4n) is 5.11. The zero-order chi connectivity index (χ0) is 23.4. The molecule has 1 fully saturated rings. The summed E-state index contributed by atoms with van der Waals surface area (Å²) in [6.07, 6.45) is 5.01. The molecular weight excluding hydrogens is 515 g/mol. The molecule has 0 aliphatic heterocycles. The highest BCUT2D eigenvalue weighted by Crippen LogP contribution is 2.53. The van der Waals surface area contributed by atoms with E-state index in [0.717, 1.165) is 24.3 Å². The van der Waals surface area contributed by atoms with Crippen LogP contribution >= 0.6 is 7.26 Å². The Kier molecular flexibility index (Phi) is 8.31. The highest BCUT2D eigenvalue weighted by atomic mass is 79.9. The van der Waals surface area contributed by atoms with E-state index in [1.807, 2.05) is 0 Å². The predicted molar refractivity (Wildman–Crippen MR) is 146 cm³/mol. The molecule has 0 amide bonds. The standard InChI is InChI=1S/C31H32O2P.BrH/c1-32-29-22-21-24(23-30(29)33-25-13-9-10-14-25)28-19-11-12-20-31(28)34(2,26-15-5-3-6-16-26)27-17-7-4-8-18-27;/h3-8,11-12,15-23,25H,9-10,13-14H2,1-2H3;1H/q+1;/p-1. The maximum Gasteiger partial charge on any atom is 0.162 e. The van der Waals surface area contributed by atoms with Crippen LogP contribution in [0.25, 0.3) is 11.1 Å². The van der Waals surface area contributed by atoms with Gasteiger partial charge in [-0.2, -0.15) is 0 Å². The summed E-state index contributed by atoms with van der Waals surface area (Å²) >= 11 is 0. The Morgan fingerprint density at radius 3 is 1.86 bits per heavy atom. The van der Waals surface area contributed by atoms with E-state index >= 15 is 0 Å². The summed E-state index contributed by atoms with van der Waals surface area (Å²) in [6.45, 7) is 2.44. The molecule has 0 saturated heterocycles. The van der Waals surface area contributed by atoms with Crippen molar-refractivity contribution in [2.75, 3.05) is 13.8 Å². The molecule has 0 spiro atoms. The van der Waals surface area contributed by atoms with E-state index in [1.165, 1.54) is 39.9 Å². The lowest BCUT2D eigenvalue weighted by atomic mass is 10.0. The first-order valence-electron chi connectivity index (χ1n) is 12.1. The second-order valence-electron chi connectivity index (χ2n) is 9.08. The predicted octanol–water partition coefficient (Wildman–Crippen LogP) is 3.61. The minimum absolute atomic E-state index is 0. The van der Waals surface area contributed by atoms with Gasteiger partial charge in [-0.15, -0.1) is 0 Å². The highest BCUT2D eigenvalue weighted by Gasteiger charge is 2.42. The fraction of sp³-hybridized carbons (Fsp3) is 0.226. The minimum atomic E-state index is -1.86. The topological polar surface area (TPSA) is 18.5 Å². The van der Waals surface area contributed by atoms with Crippen molar-refractivity contribution in [3.05, 3.63) is 103 Å². The van der Waals surface area contributed by atoms with Gasteiger partial charge in [0, 0.05) is 5.56 Å². The smallest absolute Gasteiger partial charge is 0.162 e. The first kappa shape index (κ1) is 25.5. The van der Waals surface area contributed by atoms with Gasteiger partial charge in [-0.25, -0.2) is 0 Å². The number of benzene rings is 4. The SMILES string of the molecule is COc1ccc(-c2ccccc2[P+](C)(c2ccccc2)c2ccccc2)cc1OC1CCCC1.[Br-]. The van der Waals surface area contributed by atoms with Crippen molar-refractivity contribution < 1.29 is 26.5 Å². The van der Waals surface area contributed by atoms with E-state index in [9.17, 15) is 0 Å². The Balaban J connectivity index is 0.00000289. The van der Waals surface area contributed by atoms with Gasteiger partial charge in [0.1, 0.15) is 23.2 Å². The fourth-order valence-corrected chi connectivity index (χ4v) is 8.57. The second kappa shape index (κ2) is 11.4. The number of hydrogen-bond acceptors (Lipinski definition) is 2. The van der Waals surface area contributed by atoms with Crippen molar-refractivity contribution in [1.82, 2.24) is 0 Å². The molecule has 0 heterocycles. The molecule has 0 bridgehead atoms. The molecule has 4 aromatic rings. The van der Waals surface area contributed by atoms with Gasteiger partial charge in [0.05, 0.1) is 19.9 Å². The summed E-state index contributed by atoms with van der Waals surface area (Å²) in [5, 5.41) is 4.14. The number of rotatable bonds is 7. The van der Waals surface area contributed by atoms with Crippen LogP contribution in [0, 0.1) is 0 Å². The third-order valence-electron chi connectivity index (χ3n) is 7.00. The monoisotopic (exact) mass is 546 g/mol. The molecule has 0 unspecified atom stereocenters. The van der Waals surface area contributed by atoms with Crippen molar-refractivity contribution in [2.24, 2.45) is 0 Å². The molecule has 0 aromatic heterocycles. The number of hydrogen-bond donors (Lipinski definition) is 0. The zero-order valence-electron chi connectivity index (χ0n) is 20.4. The summed E-state index contributed by atoms with van der Waals surface area (Å²) < 4.78 is 12.1. The lowest BCUT2D eigenvalue weighted by Gasteiger charge is -2.26. The third kappa shape index (κ3) is 5.17. The number of methoxy groups -OCH3 is 1. The van der Waals surface area contributed by atoms with Crippen LogP contribution < -0.4 is 42.4 Å². The summed E-state index contributed by atoms with van der Waals surface area (Å²) in [5.41, 5.74) is 2.42. The lowest BCUT2D eigenvalue weighted by Crippen LogP contribution is -3.00. The maximum absolute atomic E-state index is 6.44. The van der Waals surface area contributed by atoms with Crippen molar-refractivity contribution in [2.45, 2.75) is 31.8 Å². The number of ether oxygens (including phenoxy) is 2. The molecule has 4 aromatic carbocycles. The van der Waals surface area contributed by atoms with E-state index in [4.69, 9.17) is 9.47 Å². The van der Waals surface area contributed by atoms with Gasteiger partial charge in [0.25, 0.3) is 0 Å². The summed E-state index contributed by atoms with van der Waals surface area (Å²) in [5.74, 6) is 1.65. The van der Waals surface area contributed by atoms with Crippen molar-refractivity contribution >= 4 is 23.2 Å². The maximum atomic E-state index is 6.44. The van der Waals surface area contributed by atoms with E-state index in [-0.39, 0.29) is 23.1 Å². The molecule has 0 N–H and O–H groups in total. The van der Waals surface area contributed by atoms with Crippen LogP contribution in [-0.4, -0.2) is 19.9 Å². The first-order chi connectivity index (χ1) is 16.7. The Labute approximate surface area is 220 Å². The van der Waals surface area contributed by atoms with Crippen LogP contribution in [0.4, 0.5) is 0 Å². The Morgan fingerprint density at radius 1 is 0.686 bits per heavy atom. The van der Waals surface area contributed by atoms with Crippen molar-refractivity contribution in [3.8, 4) is 22.6 Å². The summed E-state index contributed by atoms with van der Waals surface area (Å²) in [4.78, 5) is 0. The van der Waals surface area contributed by atoms with Crippen molar-refractivity contribution in [1.29, 1.82) is 0 Å². The van der Waals surface area contributed by atoms with Gasteiger partial charge in [0.2, 0.25) is 0 Å². The molecule has 1 saturated carbocycles. The van der Waals surface area contributed by atoms with Crippen LogP contribution in [0.2, 0.25) is 0 Å². The normalized spacial score (nSPS) is 13.8. The Hall–Kier alpha value is -2.61. The quantitative estimate of drug-likeness (QED) is 0.330. The van der Waals surface area contributed by atoms with E-state index in [2.05, 4.69) is 110 Å². The van der Waals surface area contributed by atoms with Gasteiger partial charge >= 0.3 is 0 Å². The van der Waals surface area contributed by atoms with Gasteiger partial charge in [0.15, 0.2) is 11.5 Å². The van der Waals surface area contributed by atoms with Gasteiger partial charge in [-0.05, 0) is 73.7 Å². The Morgan fingerprint density at radius 2 is 1.26 bits per heavy atom. The lowest BCUT2D eigenvalue weighted by molar-refractivity contribution is -0.00000777. The molecule has 0 radical (unpaired) electrons. The molecule has 35 heavy (non-hydrogen) atoms. The van der Waals surface area contributed by atoms with Gasteiger partial charge < -0.3 is 26.5 Å². The average molecular weight is 547 g/mol. The second-order valence-corrected chi connectivity index (χ2v) is 12.6. The molecule has 1 aliphatic rings. The summed E-state index contributed by atoms with van der Waals surface area (Å²) in [6, 6.07) is 37.2. The van der Waals surface area contributed by atoms with Crippen LogP contribution in [0.3, 0.4) is 0 Å². The van der Waals surface area contributed by atoms with Crippen LogP contribution in [0.15, 0.2) is 103 Å². The highest BCUT2D eigenvalue weighted by molar-refractivity contribution is 7.95. The zero-order valence-corrected chi connectivity index (χ0v) is 22.8. The van der Waals surface area contributed by atoms with E-state index in [1.54, 1.807) is 7.11 Å². The van der Waals surface area contributed by atoms with E-state index < -0.39 is 7.26 Å². The molecular formula is C31H32BrO2P. The van der Waals surface area contributed by atoms with Gasteiger partial charge in [-0.1, -0.05) is 60.7 Å². The van der Waals surface area contributed by atoms with Crippen molar-refractivity contribution in [3.63, 3.8) is 0 Å². The molecule has 1 aliphatic carbocycles. The summed E-state index contributed by atoms with van der Waals surface area (Å²) in [7, 11) is -0.144. The molecule has 0 atom stereocenters. The van der Waals surface area contributed by atoms with Crippen LogP contribution in [0.5, 0.6) is 11.5 Å². The number of halogens is 1. The first-order valence-corrected chi connectivity index (χ1v) is 14.4. The minimum Gasteiger partial charge on any atom is -1.00 e. The third-order valence-corrected chi connectivity index (χ3v) is 11.0. The largest absolute Gasteiger partial charge is 1.00 e. The Bertz CT molecular complexity index is 1200.